The van der Waals surface area contributed by atoms with Crippen LogP contribution in [0.5, 0.6) is 11.5 Å². The minimum atomic E-state index is 0.263. The maximum absolute atomic E-state index is 10.8. The van der Waals surface area contributed by atoms with Crippen LogP contribution in [0.2, 0.25) is 0 Å². The van der Waals surface area contributed by atoms with Gasteiger partial charge in [-0.1, -0.05) is 30.3 Å². The van der Waals surface area contributed by atoms with Gasteiger partial charge in [-0.15, -0.1) is 16.4 Å². The monoisotopic (exact) mass is 409 g/mol. The van der Waals surface area contributed by atoms with Crippen molar-refractivity contribution in [2.75, 3.05) is 18.6 Å². The molecule has 0 aliphatic carbocycles. The molecule has 0 fully saturated rings. The van der Waals surface area contributed by atoms with Crippen molar-refractivity contribution in [1.29, 1.82) is 0 Å². The molecule has 3 aromatic rings. The van der Waals surface area contributed by atoms with Gasteiger partial charge in [-0.2, -0.15) is 0 Å². The van der Waals surface area contributed by atoms with Crippen molar-refractivity contribution < 1.29 is 19.0 Å². The highest BCUT2D eigenvalue weighted by atomic mass is 32.1. The van der Waals surface area contributed by atoms with E-state index in [1.165, 1.54) is 11.3 Å². The molecule has 1 aliphatic rings. The summed E-state index contributed by atoms with van der Waals surface area (Å²) in [5.41, 5.74) is 5.58. The summed E-state index contributed by atoms with van der Waals surface area (Å²) in [4.78, 5) is 15.3. The Kier molecular flexibility index (Phi) is 6.01. The third-order valence-corrected chi connectivity index (χ3v) is 4.95. The predicted molar refractivity (Wildman–Crippen MR) is 112 cm³/mol. The Balaban J connectivity index is 1.47. The lowest BCUT2D eigenvalue weighted by Gasteiger charge is -2.08. The van der Waals surface area contributed by atoms with Crippen molar-refractivity contribution in [1.82, 2.24) is 4.98 Å². The number of ether oxygens (including phenoxy) is 3. The first kappa shape index (κ1) is 18.9. The van der Waals surface area contributed by atoms with Crippen LogP contribution in [0.3, 0.4) is 0 Å². The summed E-state index contributed by atoms with van der Waals surface area (Å²) < 4.78 is 16.4. The van der Waals surface area contributed by atoms with E-state index in [9.17, 15) is 4.79 Å². The topological polar surface area (TPSA) is 82.0 Å². The molecular formula is C21H19N3O4S. The molecule has 0 atom stereocenters. The van der Waals surface area contributed by atoms with Crippen LogP contribution in [0.1, 0.15) is 12.0 Å². The van der Waals surface area contributed by atoms with Crippen LogP contribution < -0.4 is 14.9 Å². The van der Waals surface area contributed by atoms with E-state index in [1.54, 1.807) is 0 Å². The minimum Gasteiger partial charge on any atom is -0.490 e. The van der Waals surface area contributed by atoms with Gasteiger partial charge in [0.15, 0.2) is 11.5 Å². The van der Waals surface area contributed by atoms with Gasteiger partial charge in [0.2, 0.25) is 11.0 Å². The fraction of sp³-hybridized carbons (Fsp3) is 0.190. The molecule has 2 aromatic carbocycles. The Labute approximate surface area is 172 Å². The zero-order valence-corrected chi connectivity index (χ0v) is 16.4. The number of fused-ring (bicyclic) bond motifs is 1. The molecule has 1 aromatic heterocycles. The molecule has 8 heteroatoms. The largest absolute Gasteiger partial charge is 0.490 e. The third-order valence-electron chi connectivity index (χ3n) is 4.21. The summed E-state index contributed by atoms with van der Waals surface area (Å²) in [6.45, 7) is 1.66. The molecule has 0 amide bonds. The Bertz CT molecular complexity index is 1000. The van der Waals surface area contributed by atoms with E-state index in [1.807, 2.05) is 53.9 Å². The second kappa shape index (κ2) is 9.20. The van der Waals surface area contributed by atoms with E-state index in [2.05, 4.69) is 15.5 Å². The summed E-state index contributed by atoms with van der Waals surface area (Å²) in [6, 6.07) is 15.4. The first-order valence-corrected chi connectivity index (χ1v) is 10.0. The number of thiazole rings is 1. The van der Waals surface area contributed by atoms with E-state index in [0.29, 0.717) is 31.2 Å². The van der Waals surface area contributed by atoms with Gasteiger partial charge in [0.05, 0.1) is 25.3 Å². The molecule has 0 spiro atoms. The van der Waals surface area contributed by atoms with Crippen LogP contribution in [0.25, 0.3) is 11.3 Å². The quantitative estimate of drug-likeness (QED) is 0.286. The minimum absolute atomic E-state index is 0.263. The maximum atomic E-state index is 10.8. The van der Waals surface area contributed by atoms with Crippen LogP contribution in [-0.2, 0) is 16.0 Å². The Hall–Kier alpha value is -3.39. The highest BCUT2D eigenvalue weighted by Gasteiger charge is 2.13. The molecule has 2 heterocycles. The number of aromatic nitrogens is 1. The lowest BCUT2D eigenvalue weighted by Crippen LogP contribution is -2.10. The van der Waals surface area contributed by atoms with E-state index >= 15 is 0 Å². The highest BCUT2D eigenvalue weighted by molar-refractivity contribution is 7.14. The number of carbonyl (C=O) groups excluding carboxylic acids is 1. The summed E-state index contributed by atoms with van der Waals surface area (Å²) in [5.74, 6) is 1.74. The summed E-state index contributed by atoms with van der Waals surface area (Å²) >= 11 is 1.41. The van der Waals surface area contributed by atoms with E-state index in [-0.39, 0.29) is 5.90 Å². The van der Waals surface area contributed by atoms with Crippen molar-refractivity contribution in [2.45, 2.75) is 12.8 Å². The number of nitrogens with one attached hydrogen (secondary N) is 1. The van der Waals surface area contributed by atoms with Gasteiger partial charge in [0.1, 0.15) is 0 Å². The summed E-state index contributed by atoms with van der Waals surface area (Å²) in [5, 5.41) is 6.70. The molecular weight excluding hydrogens is 390 g/mol. The van der Waals surface area contributed by atoms with Crippen LogP contribution in [0, 0.1) is 0 Å². The number of rotatable bonds is 6. The second-order valence-electron chi connectivity index (χ2n) is 6.24. The normalized spacial score (nSPS) is 13.4. The lowest BCUT2D eigenvalue weighted by atomic mass is 10.1. The molecule has 0 radical (unpaired) electrons. The molecule has 0 unspecified atom stereocenters. The number of carbonyl (C=O) groups is 1. The standard InChI is InChI=1S/C21H19N3O4S/c25-14-28-20(11-15-5-2-1-3-6-15)23-24-21-22-17(13-29-21)16-7-8-18-19(12-16)27-10-4-9-26-18/h1-3,5-8,12-14H,4,9-11H2,(H,22,24)/b23-20+. The number of benzene rings is 2. The van der Waals surface area contributed by atoms with Gasteiger partial charge in [0, 0.05) is 17.4 Å². The molecule has 0 saturated heterocycles. The number of hydrogen-bond acceptors (Lipinski definition) is 8. The van der Waals surface area contributed by atoms with Crippen LogP contribution in [0.15, 0.2) is 59.0 Å². The lowest BCUT2D eigenvalue weighted by molar-refractivity contribution is -0.121. The van der Waals surface area contributed by atoms with Gasteiger partial charge in [0.25, 0.3) is 6.47 Å². The zero-order chi connectivity index (χ0) is 19.9. The molecule has 0 bridgehead atoms. The van der Waals surface area contributed by atoms with Crippen molar-refractivity contribution in [3.8, 4) is 22.8 Å². The highest BCUT2D eigenvalue weighted by Crippen LogP contribution is 2.35. The summed E-state index contributed by atoms with van der Waals surface area (Å²) in [6.07, 6.45) is 1.26. The summed E-state index contributed by atoms with van der Waals surface area (Å²) in [7, 11) is 0. The van der Waals surface area contributed by atoms with Crippen LogP contribution in [0.4, 0.5) is 5.13 Å². The van der Waals surface area contributed by atoms with Crippen molar-refractivity contribution in [3.63, 3.8) is 0 Å². The smallest absolute Gasteiger partial charge is 0.299 e. The SMILES string of the molecule is O=CO/C(Cc1ccccc1)=N/Nc1nc(-c2ccc3c(c2)OCCCO3)cs1. The molecule has 0 saturated carbocycles. The fourth-order valence-electron chi connectivity index (χ4n) is 2.82. The molecule has 4 rings (SSSR count). The van der Waals surface area contributed by atoms with Crippen molar-refractivity contribution in [3.05, 3.63) is 59.5 Å². The van der Waals surface area contributed by atoms with Gasteiger partial charge >= 0.3 is 0 Å². The Morgan fingerprint density at radius 1 is 1.17 bits per heavy atom. The number of anilines is 1. The van der Waals surface area contributed by atoms with Crippen LogP contribution in [-0.4, -0.2) is 30.6 Å². The zero-order valence-electron chi connectivity index (χ0n) is 15.5. The predicted octanol–water partition coefficient (Wildman–Crippen LogP) is 4.11. The first-order chi connectivity index (χ1) is 14.3. The average Bonchev–Trinajstić information content (AvgIpc) is 3.10. The first-order valence-electron chi connectivity index (χ1n) is 9.14. The second-order valence-corrected chi connectivity index (χ2v) is 7.10. The molecule has 148 valence electrons. The molecule has 1 aliphatic heterocycles. The average molecular weight is 409 g/mol. The maximum Gasteiger partial charge on any atom is 0.299 e. The van der Waals surface area contributed by atoms with E-state index in [4.69, 9.17) is 14.2 Å². The fourth-order valence-corrected chi connectivity index (χ4v) is 3.49. The molecule has 7 nitrogen and oxygen atoms in total. The molecule has 29 heavy (non-hydrogen) atoms. The third kappa shape index (κ3) is 4.91. The van der Waals surface area contributed by atoms with Gasteiger partial charge in [-0.25, -0.2) is 10.4 Å². The van der Waals surface area contributed by atoms with Gasteiger partial charge in [-0.05, 0) is 23.8 Å². The number of hydrogen-bond donors (Lipinski definition) is 1. The van der Waals surface area contributed by atoms with E-state index in [0.717, 1.165) is 34.7 Å². The van der Waals surface area contributed by atoms with Crippen LogP contribution >= 0.6 is 11.3 Å². The van der Waals surface area contributed by atoms with Gasteiger partial charge in [-0.3, -0.25) is 4.79 Å². The van der Waals surface area contributed by atoms with Crippen molar-refractivity contribution in [2.24, 2.45) is 5.10 Å². The van der Waals surface area contributed by atoms with Gasteiger partial charge < -0.3 is 14.2 Å². The van der Waals surface area contributed by atoms with Crippen molar-refractivity contribution >= 4 is 28.8 Å². The van der Waals surface area contributed by atoms with E-state index < -0.39 is 0 Å². The Morgan fingerprint density at radius 2 is 2.00 bits per heavy atom. The molecule has 1 N–H and O–H groups in total. The Morgan fingerprint density at radius 3 is 2.83 bits per heavy atom. The number of hydrazone groups is 1. The number of nitrogens with zero attached hydrogens (tertiary/aromatic N) is 2.